The van der Waals surface area contributed by atoms with E-state index >= 15 is 0 Å². The molecule has 0 heterocycles. The maximum atomic E-state index is 12.2. The topological polar surface area (TPSA) is 26.3 Å². The summed E-state index contributed by atoms with van der Waals surface area (Å²) in [7, 11) is 0. The van der Waals surface area contributed by atoms with Crippen LogP contribution in [0.4, 0.5) is 0 Å². The summed E-state index contributed by atoms with van der Waals surface area (Å²) in [5.74, 6) is 2.40. The Bertz CT molecular complexity index is 277. The van der Waals surface area contributed by atoms with Crippen LogP contribution in [0.3, 0.4) is 0 Å². The molecule has 0 aliphatic heterocycles. The van der Waals surface area contributed by atoms with Crippen molar-refractivity contribution in [2.75, 3.05) is 0 Å². The van der Waals surface area contributed by atoms with E-state index < -0.39 is 0 Å². The van der Waals surface area contributed by atoms with Crippen LogP contribution in [-0.4, -0.2) is 11.6 Å². The van der Waals surface area contributed by atoms with Crippen molar-refractivity contribution in [3.8, 4) is 0 Å². The highest BCUT2D eigenvalue weighted by atomic mass is 16.6. The molecule has 1 aliphatic rings. The number of hydrogen-bond acceptors (Lipinski definition) is 2. The Morgan fingerprint density at radius 1 is 1.00 bits per heavy atom. The van der Waals surface area contributed by atoms with Crippen molar-refractivity contribution < 1.29 is 9.53 Å². The SMILES string of the molecule is CC1CC(C(=O)OC(C)(C)C)C(C)C(C)C1C. The number of rotatable bonds is 1. The van der Waals surface area contributed by atoms with Gasteiger partial charge in [0.15, 0.2) is 0 Å². The molecule has 5 unspecified atom stereocenters. The zero-order chi connectivity index (χ0) is 13.4. The van der Waals surface area contributed by atoms with E-state index in [1.165, 1.54) is 0 Å². The van der Waals surface area contributed by atoms with Gasteiger partial charge in [-0.3, -0.25) is 4.79 Å². The third-order valence-corrected chi connectivity index (χ3v) is 4.53. The lowest BCUT2D eigenvalue weighted by Gasteiger charge is -2.42. The van der Waals surface area contributed by atoms with Gasteiger partial charge in [-0.15, -0.1) is 0 Å². The molecule has 1 rings (SSSR count). The molecule has 1 saturated carbocycles. The fraction of sp³-hybridized carbons (Fsp3) is 0.933. The largest absolute Gasteiger partial charge is 0.460 e. The summed E-state index contributed by atoms with van der Waals surface area (Å²) in [5, 5.41) is 0. The molecule has 0 amide bonds. The van der Waals surface area contributed by atoms with Crippen molar-refractivity contribution in [2.24, 2.45) is 29.6 Å². The van der Waals surface area contributed by atoms with E-state index in [0.29, 0.717) is 23.7 Å². The summed E-state index contributed by atoms with van der Waals surface area (Å²) in [6, 6.07) is 0. The molecule has 0 saturated heterocycles. The first-order valence-electron chi connectivity index (χ1n) is 6.86. The molecule has 0 radical (unpaired) electrons. The van der Waals surface area contributed by atoms with Crippen LogP contribution in [0.2, 0.25) is 0 Å². The van der Waals surface area contributed by atoms with Gasteiger partial charge in [0.1, 0.15) is 5.60 Å². The Balaban J connectivity index is 2.74. The summed E-state index contributed by atoms with van der Waals surface area (Å²) in [6.07, 6.45) is 0.974. The first kappa shape index (κ1) is 14.5. The molecule has 1 aliphatic carbocycles. The number of carbonyl (C=O) groups is 1. The quantitative estimate of drug-likeness (QED) is 0.650. The lowest BCUT2D eigenvalue weighted by atomic mass is 9.64. The van der Waals surface area contributed by atoms with Gasteiger partial charge in [0, 0.05) is 0 Å². The van der Waals surface area contributed by atoms with Gasteiger partial charge in [0.2, 0.25) is 0 Å². The minimum Gasteiger partial charge on any atom is -0.460 e. The monoisotopic (exact) mass is 240 g/mol. The molecule has 0 aromatic rings. The Hall–Kier alpha value is -0.530. The Morgan fingerprint density at radius 3 is 2.00 bits per heavy atom. The molecule has 17 heavy (non-hydrogen) atoms. The summed E-state index contributed by atoms with van der Waals surface area (Å²) in [6.45, 7) is 14.8. The van der Waals surface area contributed by atoms with Gasteiger partial charge in [0.05, 0.1) is 5.92 Å². The minimum absolute atomic E-state index is 0.00407. The summed E-state index contributed by atoms with van der Waals surface area (Å²) in [5.41, 5.74) is -0.369. The van der Waals surface area contributed by atoms with E-state index in [1.54, 1.807) is 0 Å². The average molecular weight is 240 g/mol. The number of ether oxygens (including phenoxy) is 1. The van der Waals surface area contributed by atoms with Crippen molar-refractivity contribution in [3.05, 3.63) is 0 Å². The van der Waals surface area contributed by atoms with Crippen molar-refractivity contribution in [3.63, 3.8) is 0 Å². The van der Waals surface area contributed by atoms with E-state index in [-0.39, 0.29) is 17.5 Å². The lowest BCUT2D eigenvalue weighted by molar-refractivity contribution is -0.165. The molecule has 2 nitrogen and oxygen atoms in total. The van der Waals surface area contributed by atoms with Crippen LogP contribution in [0.15, 0.2) is 0 Å². The molecule has 0 aromatic carbocycles. The normalized spacial score (nSPS) is 38.9. The zero-order valence-electron chi connectivity index (χ0n) is 12.4. The van der Waals surface area contributed by atoms with Crippen LogP contribution in [0, 0.1) is 29.6 Å². The second-order valence-corrected chi connectivity index (χ2v) is 6.93. The maximum absolute atomic E-state index is 12.2. The summed E-state index contributed by atoms with van der Waals surface area (Å²) >= 11 is 0. The Kier molecular flexibility index (Phi) is 4.27. The molecule has 0 spiro atoms. The van der Waals surface area contributed by atoms with Gasteiger partial charge in [0.25, 0.3) is 0 Å². The summed E-state index contributed by atoms with van der Waals surface area (Å²) < 4.78 is 5.54. The van der Waals surface area contributed by atoms with Crippen molar-refractivity contribution >= 4 is 5.97 Å². The number of esters is 1. The van der Waals surface area contributed by atoms with E-state index in [9.17, 15) is 4.79 Å². The first-order valence-corrected chi connectivity index (χ1v) is 6.86. The smallest absolute Gasteiger partial charge is 0.309 e. The molecule has 0 aromatic heterocycles. The Morgan fingerprint density at radius 2 is 1.53 bits per heavy atom. The highest BCUT2D eigenvalue weighted by molar-refractivity contribution is 5.73. The molecule has 0 N–H and O–H groups in total. The fourth-order valence-electron chi connectivity index (χ4n) is 2.88. The molecular weight excluding hydrogens is 212 g/mol. The predicted octanol–water partition coefficient (Wildman–Crippen LogP) is 3.89. The average Bonchev–Trinajstić information content (AvgIpc) is 2.17. The predicted molar refractivity (Wildman–Crippen MR) is 70.6 cm³/mol. The molecule has 1 fully saturated rings. The van der Waals surface area contributed by atoms with Gasteiger partial charge in [-0.2, -0.15) is 0 Å². The van der Waals surface area contributed by atoms with Crippen LogP contribution in [0.1, 0.15) is 54.9 Å². The van der Waals surface area contributed by atoms with Gasteiger partial charge in [-0.05, 0) is 50.9 Å². The van der Waals surface area contributed by atoms with Crippen molar-refractivity contribution in [1.82, 2.24) is 0 Å². The summed E-state index contributed by atoms with van der Waals surface area (Å²) in [4.78, 5) is 12.2. The lowest BCUT2D eigenvalue weighted by Crippen LogP contribution is -2.41. The molecule has 0 bridgehead atoms. The third kappa shape index (κ3) is 3.46. The van der Waals surface area contributed by atoms with Gasteiger partial charge >= 0.3 is 5.97 Å². The first-order chi connectivity index (χ1) is 7.63. The Labute approximate surface area is 106 Å². The third-order valence-electron chi connectivity index (χ3n) is 4.53. The second kappa shape index (κ2) is 4.99. The minimum atomic E-state index is -0.369. The van der Waals surface area contributed by atoms with Crippen LogP contribution in [0.5, 0.6) is 0 Å². The molecule has 2 heteroatoms. The van der Waals surface area contributed by atoms with Crippen LogP contribution < -0.4 is 0 Å². The van der Waals surface area contributed by atoms with E-state index in [2.05, 4.69) is 27.7 Å². The maximum Gasteiger partial charge on any atom is 0.309 e. The van der Waals surface area contributed by atoms with Crippen LogP contribution in [0.25, 0.3) is 0 Å². The number of hydrogen-bond donors (Lipinski definition) is 0. The van der Waals surface area contributed by atoms with Crippen LogP contribution >= 0.6 is 0 Å². The van der Waals surface area contributed by atoms with E-state index in [0.717, 1.165) is 6.42 Å². The molecule has 100 valence electrons. The van der Waals surface area contributed by atoms with Gasteiger partial charge in [-0.1, -0.05) is 27.7 Å². The fourth-order valence-corrected chi connectivity index (χ4v) is 2.88. The molecule has 5 atom stereocenters. The highest BCUT2D eigenvalue weighted by Crippen LogP contribution is 2.42. The number of carbonyl (C=O) groups excluding carboxylic acids is 1. The van der Waals surface area contributed by atoms with Crippen LogP contribution in [-0.2, 0) is 9.53 Å². The van der Waals surface area contributed by atoms with Gasteiger partial charge in [-0.25, -0.2) is 0 Å². The zero-order valence-corrected chi connectivity index (χ0v) is 12.4. The second-order valence-electron chi connectivity index (χ2n) is 6.93. The van der Waals surface area contributed by atoms with E-state index in [1.807, 2.05) is 20.8 Å². The highest BCUT2D eigenvalue weighted by Gasteiger charge is 2.41. The van der Waals surface area contributed by atoms with Crippen molar-refractivity contribution in [1.29, 1.82) is 0 Å². The van der Waals surface area contributed by atoms with Gasteiger partial charge < -0.3 is 4.74 Å². The standard InChI is InChI=1S/C15H28O2/c1-9-8-13(12(4)11(3)10(9)2)14(16)17-15(5,6)7/h9-13H,8H2,1-7H3. The van der Waals surface area contributed by atoms with Crippen molar-refractivity contribution in [2.45, 2.75) is 60.5 Å². The molecular formula is C15H28O2. The van der Waals surface area contributed by atoms with E-state index in [4.69, 9.17) is 4.74 Å².